The largest absolute Gasteiger partial charge is 0.497 e. The van der Waals surface area contributed by atoms with E-state index in [4.69, 9.17) is 10.5 Å². The first-order valence-electron chi connectivity index (χ1n) is 6.44. The van der Waals surface area contributed by atoms with Crippen molar-refractivity contribution in [3.63, 3.8) is 0 Å². The van der Waals surface area contributed by atoms with E-state index < -0.39 is 0 Å². The minimum absolute atomic E-state index is 0.314. The molecule has 19 heavy (non-hydrogen) atoms. The predicted octanol–water partition coefficient (Wildman–Crippen LogP) is 3.21. The van der Waals surface area contributed by atoms with Gasteiger partial charge in [0.05, 0.1) is 18.5 Å². The summed E-state index contributed by atoms with van der Waals surface area (Å²) in [5.74, 6) is 0.774. The number of ether oxygens (including phenoxy) is 1. The minimum Gasteiger partial charge on any atom is -0.497 e. The van der Waals surface area contributed by atoms with Crippen LogP contribution in [-0.4, -0.2) is 26.4 Å². The Bertz CT molecular complexity index is 443. The molecule has 4 heteroatoms. The van der Waals surface area contributed by atoms with Crippen LogP contribution in [0.15, 0.2) is 23.7 Å². The Morgan fingerprint density at radius 1 is 1.53 bits per heavy atom. The number of aliphatic imine (C=N–C) groups is 1. The summed E-state index contributed by atoms with van der Waals surface area (Å²) >= 11 is 0. The van der Waals surface area contributed by atoms with Crippen LogP contribution in [0.2, 0.25) is 0 Å². The van der Waals surface area contributed by atoms with E-state index in [0.29, 0.717) is 12.6 Å². The second-order valence-corrected chi connectivity index (χ2v) is 4.45. The lowest BCUT2D eigenvalue weighted by Gasteiger charge is -2.18. The van der Waals surface area contributed by atoms with Gasteiger partial charge in [0, 0.05) is 17.7 Å². The van der Waals surface area contributed by atoms with Gasteiger partial charge in [0.15, 0.2) is 0 Å². The van der Waals surface area contributed by atoms with Gasteiger partial charge in [-0.05, 0) is 39.1 Å². The molecule has 0 bridgehead atoms. The number of nitrogens with one attached hydrogen (secondary N) is 1. The van der Waals surface area contributed by atoms with Crippen molar-refractivity contribution in [1.82, 2.24) is 0 Å². The quantitative estimate of drug-likeness (QED) is 0.706. The normalized spacial score (nSPS) is 11.7. The lowest BCUT2D eigenvalue weighted by atomic mass is 10.1. The van der Waals surface area contributed by atoms with Crippen LogP contribution in [0.4, 0.5) is 11.4 Å². The van der Waals surface area contributed by atoms with E-state index in [1.165, 1.54) is 0 Å². The highest BCUT2D eigenvalue weighted by molar-refractivity contribution is 5.80. The van der Waals surface area contributed by atoms with E-state index in [-0.39, 0.29) is 0 Å². The van der Waals surface area contributed by atoms with Gasteiger partial charge in [-0.1, -0.05) is 12.7 Å². The Morgan fingerprint density at radius 2 is 2.26 bits per heavy atom. The SMILES string of the molecule is C=Cc1cc(OC)cc(NC(C)CCCN)c1N=C. The molecule has 4 nitrogen and oxygen atoms in total. The van der Waals surface area contributed by atoms with E-state index in [2.05, 4.69) is 30.5 Å². The number of hydrogen-bond donors (Lipinski definition) is 2. The fourth-order valence-electron chi connectivity index (χ4n) is 1.95. The highest BCUT2D eigenvalue weighted by atomic mass is 16.5. The maximum atomic E-state index is 5.53. The molecule has 0 aliphatic carbocycles. The summed E-state index contributed by atoms with van der Waals surface area (Å²) in [5, 5.41) is 3.43. The second kappa shape index (κ2) is 7.59. The Balaban J connectivity index is 3.02. The van der Waals surface area contributed by atoms with Gasteiger partial charge in [-0.25, -0.2) is 0 Å². The fraction of sp³-hybridized carbons (Fsp3) is 0.400. The first-order valence-corrected chi connectivity index (χ1v) is 6.44. The summed E-state index contributed by atoms with van der Waals surface area (Å²) in [6.45, 7) is 10.2. The molecule has 0 spiro atoms. The molecule has 0 amide bonds. The van der Waals surface area contributed by atoms with Crippen LogP contribution in [0.1, 0.15) is 25.3 Å². The van der Waals surface area contributed by atoms with Crippen molar-refractivity contribution in [2.75, 3.05) is 19.0 Å². The molecule has 1 rings (SSSR count). The Morgan fingerprint density at radius 3 is 2.79 bits per heavy atom. The van der Waals surface area contributed by atoms with Crippen LogP contribution in [0.25, 0.3) is 6.08 Å². The maximum Gasteiger partial charge on any atom is 0.121 e. The molecular weight excluding hydrogens is 238 g/mol. The van der Waals surface area contributed by atoms with Crippen molar-refractivity contribution in [2.24, 2.45) is 10.7 Å². The number of nitrogens with zero attached hydrogens (tertiary/aromatic N) is 1. The lowest BCUT2D eigenvalue weighted by molar-refractivity contribution is 0.415. The first-order chi connectivity index (χ1) is 9.15. The van der Waals surface area contributed by atoms with Gasteiger partial charge in [0.2, 0.25) is 0 Å². The Labute approximate surface area is 115 Å². The number of methoxy groups -OCH3 is 1. The number of benzene rings is 1. The highest BCUT2D eigenvalue weighted by Crippen LogP contribution is 2.35. The molecule has 0 radical (unpaired) electrons. The van der Waals surface area contributed by atoms with E-state index >= 15 is 0 Å². The standard InChI is InChI=1S/C15H23N3O/c1-5-12-9-13(19-4)10-14(15(12)17-3)18-11(2)7-6-8-16/h5,9-11,18H,1,3,6-8,16H2,2,4H3. The van der Waals surface area contributed by atoms with Crippen LogP contribution in [0, 0.1) is 0 Å². The Kier molecular flexibility index (Phi) is 6.09. The van der Waals surface area contributed by atoms with Gasteiger partial charge < -0.3 is 15.8 Å². The highest BCUT2D eigenvalue weighted by Gasteiger charge is 2.10. The zero-order valence-corrected chi connectivity index (χ0v) is 11.8. The third kappa shape index (κ3) is 4.10. The monoisotopic (exact) mass is 261 g/mol. The van der Waals surface area contributed by atoms with E-state index in [0.717, 1.165) is 35.5 Å². The maximum absolute atomic E-state index is 5.53. The average Bonchev–Trinajstić information content (AvgIpc) is 2.43. The van der Waals surface area contributed by atoms with Crippen LogP contribution < -0.4 is 15.8 Å². The smallest absolute Gasteiger partial charge is 0.121 e. The number of rotatable bonds is 8. The number of anilines is 1. The van der Waals surface area contributed by atoms with E-state index in [1.54, 1.807) is 13.2 Å². The van der Waals surface area contributed by atoms with Crippen molar-refractivity contribution in [1.29, 1.82) is 0 Å². The van der Waals surface area contributed by atoms with Gasteiger partial charge in [-0.15, -0.1) is 0 Å². The summed E-state index contributed by atoms with van der Waals surface area (Å²) in [6, 6.07) is 4.14. The van der Waals surface area contributed by atoms with Crippen molar-refractivity contribution in [2.45, 2.75) is 25.8 Å². The molecule has 1 aromatic carbocycles. The van der Waals surface area contributed by atoms with Crippen LogP contribution >= 0.6 is 0 Å². The van der Waals surface area contributed by atoms with Crippen LogP contribution in [0.5, 0.6) is 5.75 Å². The molecule has 0 aliphatic heterocycles. The van der Waals surface area contributed by atoms with Crippen LogP contribution in [0.3, 0.4) is 0 Å². The predicted molar refractivity (Wildman–Crippen MR) is 83.7 cm³/mol. The van der Waals surface area contributed by atoms with E-state index in [1.807, 2.05) is 12.1 Å². The number of hydrogen-bond acceptors (Lipinski definition) is 4. The van der Waals surface area contributed by atoms with Crippen molar-refractivity contribution >= 4 is 24.2 Å². The Hall–Kier alpha value is -1.81. The first kappa shape index (κ1) is 15.2. The van der Waals surface area contributed by atoms with Crippen molar-refractivity contribution in [3.05, 3.63) is 24.3 Å². The van der Waals surface area contributed by atoms with Gasteiger partial charge in [0.25, 0.3) is 0 Å². The molecule has 0 saturated heterocycles. The molecule has 1 unspecified atom stereocenters. The molecule has 0 aromatic heterocycles. The van der Waals surface area contributed by atoms with Crippen molar-refractivity contribution in [3.8, 4) is 5.75 Å². The second-order valence-electron chi connectivity index (χ2n) is 4.45. The topological polar surface area (TPSA) is 59.6 Å². The molecule has 104 valence electrons. The lowest BCUT2D eigenvalue weighted by Crippen LogP contribution is -2.17. The fourth-order valence-corrected chi connectivity index (χ4v) is 1.95. The van der Waals surface area contributed by atoms with Gasteiger partial charge in [0.1, 0.15) is 5.75 Å². The third-order valence-electron chi connectivity index (χ3n) is 2.97. The molecule has 3 N–H and O–H groups in total. The van der Waals surface area contributed by atoms with Crippen LogP contribution in [-0.2, 0) is 0 Å². The molecule has 0 aliphatic rings. The molecular formula is C15H23N3O. The molecule has 1 aromatic rings. The summed E-state index contributed by atoms with van der Waals surface area (Å²) in [6.07, 6.45) is 3.75. The summed E-state index contributed by atoms with van der Waals surface area (Å²) in [4.78, 5) is 4.09. The summed E-state index contributed by atoms with van der Waals surface area (Å²) in [7, 11) is 1.64. The van der Waals surface area contributed by atoms with Gasteiger partial charge in [-0.2, -0.15) is 0 Å². The molecule has 0 saturated carbocycles. The third-order valence-corrected chi connectivity index (χ3v) is 2.97. The molecule has 0 fully saturated rings. The molecule has 1 atom stereocenters. The zero-order valence-electron chi connectivity index (χ0n) is 11.8. The number of nitrogens with two attached hydrogens (primary N) is 1. The van der Waals surface area contributed by atoms with Gasteiger partial charge >= 0.3 is 0 Å². The van der Waals surface area contributed by atoms with E-state index in [9.17, 15) is 0 Å². The van der Waals surface area contributed by atoms with Gasteiger partial charge in [-0.3, -0.25) is 4.99 Å². The minimum atomic E-state index is 0.314. The molecule has 0 heterocycles. The van der Waals surface area contributed by atoms with Crippen molar-refractivity contribution < 1.29 is 4.74 Å². The summed E-state index contributed by atoms with van der Waals surface area (Å²) < 4.78 is 5.29. The zero-order chi connectivity index (χ0) is 14.3. The summed E-state index contributed by atoms with van der Waals surface area (Å²) in [5.41, 5.74) is 8.15. The average molecular weight is 261 g/mol.